The lowest BCUT2D eigenvalue weighted by Crippen LogP contribution is -2.33. The third-order valence-electron chi connectivity index (χ3n) is 3.42. The molecule has 0 radical (unpaired) electrons. The van der Waals surface area contributed by atoms with E-state index in [2.05, 4.69) is 20.4 Å². The highest BCUT2D eigenvalue weighted by Crippen LogP contribution is 2.22. The van der Waals surface area contributed by atoms with Gasteiger partial charge in [0.15, 0.2) is 5.96 Å². The fraction of sp³-hybridized carbons (Fsp3) is 0.500. The minimum Gasteiger partial charge on any atom is -0.406 e. The van der Waals surface area contributed by atoms with Crippen LogP contribution in [-0.4, -0.2) is 30.8 Å². The van der Waals surface area contributed by atoms with Gasteiger partial charge < -0.3 is 21.1 Å². The van der Waals surface area contributed by atoms with Gasteiger partial charge in [0.2, 0.25) is 5.91 Å². The summed E-state index contributed by atoms with van der Waals surface area (Å²) >= 11 is 0. The highest BCUT2D eigenvalue weighted by Gasteiger charge is 2.30. The number of hydrogen-bond donors (Lipinski definition) is 3. The summed E-state index contributed by atoms with van der Waals surface area (Å²) in [5, 5.41) is 5.79. The van der Waals surface area contributed by atoms with Gasteiger partial charge in [0, 0.05) is 19.0 Å². The van der Waals surface area contributed by atoms with Crippen molar-refractivity contribution in [1.29, 1.82) is 0 Å². The van der Waals surface area contributed by atoms with Crippen LogP contribution in [0.25, 0.3) is 0 Å². The van der Waals surface area contributed by atoms with Gasteiger partial charge in [-0.05, 0) is 37.0 Å². The van der Waals surface area contributed by atoms with Crippen molar-refractivity contribution in [2.24, 2.45) is 10.7 Å². The van der Waals surface area contributed by atoms with E-state index in [4.69, 9.17) is 5.73 Å². The lowest BCUT2D eigenvalue weighted by molar-refractivity contribution is -0.274. The standard InChI is InChI=1S/C16H21F3N4O2.HI/c17-16(18,19)25-13-7-3-11(4-8-13)10-22-15(20)21-9-1-2-14(24)23-12-5-6-12;/h3-4,7-8,12H,1-2,5-6,9-10H2,(H,23,24)(H3,20,21,22);1H. The summed E-state index contributed by atoms with van der Waals surface area (Å²) in [6, 6.07) is 5.78. The number of hydrogen-bond acceptors (Lipinski definition) is 3. The predicted molar refractivity (Wildman–Crippen MR) is 102 cm³/mol. The van der Waals surface area contributed by atoms with Crippen LogP contribution < -0.4 is 21.1 Å². The molecule has 1 fully saturated rings. The first-order chi connectivity index (χ1) is 11.8. The van der Waals surface area contributed by atoms with Gasteiger partial charge in [0.25, 0.3) is 0 Å². The van der Waals surface area contributed by atoms with E-state index in [1.807, 2.05) is 0 Å². The molecule has 0 atom stereocenters. The van der Waals surface area contributed by atoms with Crippen LogP contribution in [0.4, 0.5) is 13.2 Å². The molecule has 1 aliphatic carbocycles. The third-order valence-corrected chi connectivity index (χ3v) is 3.42. The third kappa shape index (κ3) is 9.68. The lowest BCUT2D eigenvalue weighted by Gasteiger charge is -2.09. The van der Waals surface area contributed by atoms with E-state index >= 15 is 0 Å². The number of alkyl halides is 3. The van der Waals surface area contributed by atoms with Crippen molar-refractivity contribution in [1.82, 2.24) is 10.6 Å². The van der Waals surface area contributed by atoms with E-state index < -0.39 is 6.36 Å². The van der Waals surface area contributed by atoms with Crippen molar-refractivity contribution in [3.8, 4) is 5.75 Å². The van der Waals surface area contributed by atoms with Crippen LogP contribution in [0, 0.1) is 0 Å². The first-order valence-electron chi connectivity index (χ1n) is 8.00. The van der Waals surface area contributed by atoms with Crippen molar-refractivity contribution in [3.63, 3.8) is 0 Å². The Bertz CT molecular complexity index is 605. The maximum Gasteiger partial charge on any atom is 0.573 e. The summed E-state index contributed by atoms with van der Waals surface area (Å²) in [6.07, 6.45) is -1.51. The van der Waals surface area contributed by atoms with Crippen LogP contribution in [0.5, 0.6) is 5.75 Å². The average molecular weight is 486 g/mol. The molecule has 0 unspecified atom stereocenters. The molecule has 1 aliphatic rings. The van der Waals surface area contributed by atoms with Crippen LogP contribution in [-0.2, 0) is 11.3 Å². The number of benzene rings is 1. The van der Waals surface area contributed by atoms with Gasteiger partial charge in [-0.2, -0.15) is 0 Å². The smallest absolute Gasteiger partial charge is 0.406 e. The summed E-state index contributed by atoms with van der Waals surface area (Å²) in [5.74, 6) is -0.0185. The molecule has 0 heterocycles. The molecule has 10 heteroatoms. The Balaban J connectivity index is 0.00000338. The Morgan fingerprint density at radius 2 is 1.92 bits per heavy atom. The molecule has 2 rings (SSSR count). The number of nitrogens with one attached hydrogen (secondary N) is 2. The number of halogens is 4. The number of rotatable bonds is 8. The van der Waals surface area contributed by atoms with Crippen LogP contribution >= 0.6 is 24.0 Å². The normalized spacial score (nSPS) is 14.3. The lowest BCUT2D eigenvalue weighted by atomic mass is 10.2. The molecule has 146 valence electrons. The van der Waals surface area contributed by atoms with Gasteiger partial charge in [-0.3, -0.25) is 4.79 Å². The molecule has 0 aromatic heterocycles. The second-order valence-electron chi connectivity index (χ2n) is 5.77. The summed E-state index contributed by atoms with van der Waals surface area (Å²) in [4.78, 5) is 15.6. The second kappa shape index (κ2) is 10.4. The zero-order valence-corrected chi connectivity index (χ0v) is 16.3. The predicted octanol–water partition coefficient (Wildman–Crippen LogP) is 2.67. The molecular weight excluding hydrogens is 464 g/mol. The van der Waals surface area contributed by atoms with E-state index in [-0.39, 0.29) is 48.1 Å². The van der Waals surface area contributed by atoms with Crippen molar-refractivity contribution in [2.45, 2.75) is 44.6 Å². The Hall–Kier alpha value is -1.72. The molecule has 0 saturated heterocycles. The van der Waals surface area contributed by atoms with Crippen LogP contribution in [0.3, 0.4) is 0 Å². The maximum atomic E-state index is 12.1. The molecule has 6 nitrogen and oxygen atoms in total. The van der Waals surface area contributed by atoms with Crippen molar-refractivity contribution < 1.29 is 22.7 Å². The minimum atomic E-state index is -4.70. The van der Waals surface area contributed by atoms with Gasteiger partial charge in [0.1, 0.15) is 5.75 Å². The van der Waals surface area contributed by atoms with Crippen LogP contribution in [0.2, 0.25) is 0 Å². The quantitative estimate of drug-likeness (QED) is 0.228. The second-order valence-corrected chi connectivity index (χ2v) is 5.77. The summed E-state index contributed by atoms with van der Waals surface area (Å²) in [5.41, 5.74) is 6.40. The number of guanidine groups is 1. The summed E-state index contributed by atoms with van der Waals surface area (Å²) < 4.78 is 40.0. The number of aliphatic imine (C=N–C) groups is 1. The molecule has 1 aromatic rings. The topological polar surface area (TPSA) is 88.7 Å². The van der Waals surface area contributed by atoms with Crippen molar-refractivity contribution in [2.75, 3.05) is 6.54 Å². The fourth-order valence-electron chi connectivity index (χ4n) is 2.02. The number of nitrogens with two attached hydrogens (primary N) is 1. The molecule has 0 bridgehead atoms. The van der Waals surface area contributed by atoms with E-state index in [1.165, 1.54) is 24.3 Å². The Labute approximate surface area is 166 Å². The molecule has 1 amide bonds. The number of amides is 1. The number of nitrogens with zero attached hydrogens (tertiary/aromatic N) is 1. The highest BCUT2D eigenvalue weighted by molar-refractivity contribution is 14.0. The van der Waals surface area contributed by atoms with E-state index in [1.54, 1.807) is 0 Å². The highest BCUT2D eigenvalue weighted by atomic mass is 127. The Kier molecular flexibility index (Phi) is 8.96. The fourth-order valence-corrected chi connectivity index (χ4v) is 2.02. The number of carbonyl (C=O) groups is 1. The van der Waals surface area contributed by atoms with Gasteiger partial charge in [-0.15, -0.1) is 37.1 Å². The SMILES string of the molecule is I.NC(=NCc1ccc(OC(F)(F)F)cc1)NCCCC(=O)NC1CC1. The van der Waals surface area contributed by atoms with E-state index in [9.17, 15) is 18.0 Å². The molecule has 26 heavy (non-hydrogen) atoms. The molecule has 0 aliphatic heterocycles. The van der Waals surface area contributed by atoms with Gasteiger partial charge in [0.05, 0.1) is 6.54 Å². The molecular formula is C16H22F3IN4O2. The van der Waals surface area contributed by atoms with Gasteiger partial charge in [-0.1, -0.05) is 12.1 Å². The van der Waals surface area contributed by atoms with Crippen molar-refractivity contribution >= 4 is 35.8 Å². The Morgan fingerprint density at radius 1 is 1.27 bits per heavy atom. The minimum absolute atomic E-state index is 0. The number of ether oxygens (including phenoxy) is 1. The average Bonchev–Trinajstić information content (AvgIpc) is 3.33. The van der Waals surface area contributed by atoms with E-state index in [0.29, 0.717) is 31.0 Å². The van der Waals surface area contributed by atoms with Gasteiger partial charge in [-0.25, -0.2) is 4.99 Å². The first kappa shape index (κ1) is 22.3. The largest absolute Gasteiger partial charge is 0.573 e. The van der Waals surface area contributed by atoms with Gasteiger partial charge >= 0.3 is 6.36 Å². The summed E-state index contributed by atoms with van der Waals surface area (Å²) in [7, 11) is 0. The monoisotopic (exact) mass is 486 g/mol. The van der Waals surface area contributed by atoms with Crippen LogP contribution in [0.15, 0.2) is 29.3 Å². The summed E-state index contributed by atoms with van der Waals surface area (Å²) in [6.45, 7) is 0.749. The number of carbonyl (C=O) groups excluding carboxylic acids is 1. The van der Waals surface area contributed by atoms with Crippen molar-refractivity contribution in [3.05, 3.63) is 29.8 Å². The molecule has 1 saturated carbocycles. The molecule has 1 aromatic carbocycles. The van der Waals surface area contributed by atoms with Crippen LogP contribution in [0.1, 0.15) is 31.2 Å². The molecule has 4 N–H and O–H groups in total. The van der Waals surface area contributed by atoms with E-state index in [0.717, 1.165) is 12.8 Å². The first-order valence-corrected chi connectivity index (χ1v) is 8.00. The molecule has 0 spiro atoms. The maximum absolute atomic E-state index is 12.1. The zero-order valence-electron chi connectivity index (χ0n) is 14.0. The zero-order chi connectivity index (χ0) is 18.3. The Morgan fingerprint density at radius 3 is 2.50 bits per heavy atom.